The normalized spacial score (nSPS) is 12.0. The molecule has 5 nitrogen and oxygen atoms in total. The van der Waals surface area contributed by atoms with Gasteiger partial charge in [0.05, 0.1) is 12.1 Å². The van der Waals surface area contributed by atoms with E-state index in [-0.39, 0.29) is 5.54 Å². The van der Waals surface area contributed by atoms with Crippen molar-refractivity contribution in [3.63, 3.8) is 0 Å². The molecule has 0 aliphatic heterocycles. The molecule has 0 unspecified atom stereocenters. The summed E-state index contributed by atoms with van der Waals surface area (Å²) in [5.74, 6) is 0.729. The number of nitrogens with one attached hydrogen (secondary N) is 1. The highest BCUT2D eigenvalue weighted by molar-refractivity contribution is 4.77. The van der Waals surface area contributed by atoms with E-state index < -0.39 is 0 Å². The van der Waals surface area contributed by atoms with Gasteiger partial charge >= 0.3 is 0 Å². The molecule has 0 aliphatic carbocycles. The standard InChI is InChI=1S/C7H15N5/c1-7(2,3)12-10-6(5-8-4)9-11-12/h8H,5H2,1-4H3. The summed E-state index contributed by atoms with van der Waals surface area (Å²) in [7, 11) is 1.86. The number of aromatic nitrogens is 4. The van der Waals surface area contributed by atoms with Crippen LogP contribution in [0.2, 0.25) is 0 Å². The van der Waals surface area contributed by atoms with Crippen LogP contribution in [0.5, 0.6) is 0 Å². The van der Waals surface area contributed by atoms with Gasteiger partial charge in [-0.25, -0.2) is 0 Å². The Bertz CT molecular complexity index is 247. The topological polar surface area (TPSA) is 55.6 Å². The van der Waals surface area contributed by atoms with E-state index in [0.29, 0.717) is 6.54 Å². The first kappa shape index (κ1) is 9.12. The molecule has 0 bridgehead atoms. The lowest BCUT2D eigenvalue weighted by Gasteiger charge is -2.15. The van der Waals surface area contributed by atoms with Gasteiger partial charge in [-0.1, -0.05) is 0 Å². The fourth-order valence-corrected chi connectivity index (χ4v) is 0.756. The van der Waals surface area contributed by atoms with Crippen molar-refractivity contribution in [2.45, 2.75) is 32.9 Å². The lowest BCUT2D eigenvalue weighted by Crippen LogP contribution is -2.25. The zero-order chi connectivity index (χ0) is 9.19. The quantitative estimate of drug-likeness (QED) is 0.684. The van der Waals surface area contributed by atoms with Crippen molar-refractivity contribution < 1.29 is 0 Å². The highest BCUT2D eigenvalue weighted by atomic mass is 15.6. The van der Waals surface area contributed by atoms with E-state index in [0.717, 1.165) is 5.82 Å². The Kier molecular flexibility index (Phi) is 2.42. The predicted molar refractivity (Wildman–Crippen MR) is 45.6 cm³/mol. The summed E-state index contributed by atoms with van der Waals surface area (Å²) in [6.45, 7) is 6.78. The molecule has 68 valence electrons. The molecular formula is C7H15N5. The molecule has 0 radical (unpaired) electrons. The first-order chi connectivity index (χ1) is 5.54. The molecule has 1 aromatic heterocycles. The van der Waals surface area contributed by atoms with Gasteiger partial charge in [-0.2, -0.15) is 4.80 Å². The molecule has 0 spiro atoms. The van der Waals surface area contributed by atoms with Gasteiger partial charge in [0.1, 0.15) is 0 Å². The van der Waals surface area contributed by atoms with Gasteiger partial charge < -0.3 is 5.32 Å². The maximum atomic E-state index is 4.20. The molecule has 0 atom stereocenters. The highest BCUT2D eigenvalue weighted by Crippen LogP contribution is 2.08. The predicted octanol–water partition coefficient (Wildman–Crippen LogP) is 0.147. The number of nitrogens with zero attached hydrogens (tertiary/aromatic N) is 4. The monoisotopic (exact) mass is 169 g/mol. The van der Waals surface area contributed by atoms with E-state index in [4.69, 9.17) is 0 Å². The fraction of sp³-hybridized carbons (Fsp3) is 0.857. The Hall–Kier alpha value is -0.970. The molecule has 1 N–H and O–H groups in total. The van der Waals surface area contributed by atoms with Crippen LogP contribution in [0.3, 0.4) is 0 Å². The summed E-state index contributed by atoms with van der Waals surface area (Å²) < 4.78 is 0. The average molecular weight is 169 g/mol. The first-order valence-corrected chi connectivity index (χ1v) is 3.98. The summed E-state index contributed by atoms with van der Waals surface area (Å²) in [6.07, 6.45) is 0. The minimum atomic E-state index is -0.0843. The van der Waals surface area contributed by atoms with Crippen LogP contribution < -0.4 is 5.32 Å². The van der Waals surface area contributed by atoms with E-state index in [9.17, 15) is 0 Å². The van der Waals surface area contributed by atoms with E-state index in [1.54, 1.807) is 4.80 Å². The first-order valence-electron chi connectivity index (χ1n) is 3.98. The lowest BCUT2D eigenvalue weighted by molar-refractivity contribution is 0.305. The fourth-order valence-electron chi connectivity index (χ4n) is 0.756. The third kappa shape index (κ3) is 2.01. The Morgan fingerprint density at radius 1 is 1.42 bits per heavy atom. The summed E-state index contributed by atoms with van der Waals surface area (Å²) in [5, 5.41) is 15.0. The zero-order valence-corrected chi connectivity index (χ0v) is 8.00. The number of rotatable bonds is 2. The third-order valence-electron chi connectivity index (χ3n) is 1.39. The van der Waals surface area contributed by atoms with Crippen LogP contribution in [0.25, 0.3) is 0 Å². The molecule has 0 aromatic carbocycles. The van der Waals surface area contributed by atoms with Crippen molar-refractivity contribution in [2.24, 2.45) is 0 Å². The minimum absolute atomic E-state index is 0.0843. The molecule has 5 heteroatoms. The van der Waals surface area contributed by atoms with Gasteiger partial charge in [-0.05, 0) is 33.0 Å². The van der Waals surface area contributed by atoms with Crippen molar-refractivity contribution in [3.05, 3.63) is 5.82 Å². The van der Waals surface area contributed by atoms with Crippen LogP contribution in [0.1, 0.15) is 26.6 Å². The van der Waals surface area contributed by atoms with E-state index in [2.05, 4.69) is 20.7 Å². The van der Waals surface area contributed by atoms with Crippen molar-refractivity contribution in [2.75, 3.05) is 7.05 Å². The largest absolute Gasteiger partial charge is 0.313 e. The molecule has 0 saturated heterocycles. The van der Waals surface area contributed by atoms with Crippen LogP contribution in [0.4, 0.5) is 0 Å². The summed E-state index contributed by atoms with van der Waals surface area (Å²) in [5.41, 5.74) is -0.0843. The number of hydrogen-bond donors (Lipinski definition) is 1. The summed E-state index contributed by atoms with van der Waals surface area (Å²) in [4.78, 5) is 1.62. The second kappa shape index (κ2) is 3.18. The zero-order valence-electron chi connectivity index (χ0n) is 8.00. The van der Waals surface area contributed by atoms with Gasteiger partial charge in [0.15, 0.2) is 5.82 Å². The molecule has 1 rings (SSSR count). The Labute approximate surface area is 72.2 Å². The van der Waals surface area contributed by atoms with Crippen LogP contribution in [0, 0.1) is 0 Å². The van der Waals surface area contributed by atoms with Gasteiger partial charge in [-0.3, -0.25) is 0 Å². The smallest absolute Gasteiger partial charge is 0.188 e. The Morgan fingerprint density at radius 2 is 2.08 bits per heavy atom. The van der Waals surface area contributed by atoms with Gasteiger partial charge in [-0.15, -0.1) is 10.2 Å². The van der Waals surface area contributed by atoms with Crippen LogP contribution >= 0.6 is 0 Å². The molecule has 1 aromatic rings. The maximum absolute atomic E-state index is 4.20. The van der Waals surface area contributed by atoms with Gasteiger partial charge in [0.25, 0.3) is 0 Å². The van der Waals surface area contributed by atoms with Crippen molar-refractivity contribution in [1.82, 2.24) is 25.5 Å². The highest BCUT2D eigenvalue weighted by Gasteiger charge is 2.16. The second-order valence-electron chi connectivity index (χ2n) is 3.70. The van der Waals surface area contributed by atoms with Crippen molar-refractivity contribution in [3.8, 4) is 0 Å². The van der Waals surface area contributed by atoms with E-state index >= 15 is 0 Å². The van der Waals surface area contributed by atoms with E-state index in [1.807, 2.05) is 27.8 Å². The number of tetrazole rings is 1. The average Bonchev–Trinajstić information content (AvgIpc) is 2.35. The van der Waals surface area contributed by atoms with E-state index in [1.165, 1.54) is 0 Å². The molecule has 0 aliphatic rings. The molecule has 0 saturated carbocycles. The molecule has 1 heterocycles. The van der Waals surface area contributed by atoms with Crippen molar-refractivity contribution in [1.29, 1.82) is 0 Å². The Morgan fingerprint density at radius 3 is 2.50 bits per heavy atom. The number of hydrogen-bond acceptors (Lipinski definition) is 4. The molecule has 12 heavy (non-hydrogen) atoms. The second-order valence-corrected chi connectivity index (χ2v) is 3.70. The SMILES string of the molecule is CNCc1nnn(C(C)(C)C)n1. The molecule has 0 fully saturated rings. The third-order valence-corrected chi connectivity index (χ3v) is 1.39. The van der Waals surface area contributed by atoms with Gasteiger partial charge in [0, 0.05) is 0 Å². The minimum Gasteiger partial charge on any atom is -0.313 e. The lowest BCUT2D eigenvalue weighted by atomic mass is 10.1. The van der Waals surface area contributed by atoms with Crippen LogP contribution in [-0.2, 0) is 12.1 Å². The maximum Gasteiger partial charge on any atom is 0.188 e. The van der Waals surface area contributed by atoms with Crippen LogP contribution in [-0.4, -0.2) is 27.3 Å². The summed E-state index contributed by atoms with van der Waals surface area (Å²) >= 11 is 0. The Balaban J connectivity index is 2.77. The van der Waals surface area contributed by atoms with Crippen molar-refractivity contribution >= 4 is 0 Å². The molecular weight excluding hydrogens is 154 g/mol. The van der Waals surface area contributed by atoms with Crippen LogP contribution in [0.15, 0.2) is 0 Å². The van der Waals surface area contributed by atoms with Gasteiger partial charge in [0.2, 0.25) is 0 Å². The molecule has 0 amide bonds. The summed E-state index contributed by atoms with van der Waals surface area (Å²) in [6, 6.07) is 0.